The molecule has 9 heteroatoms. The molecule has 0 saturated heterocycles. The van der Waals surface area contributed by atoms with Crippen LogP contribution in [-0.4, -0.2) is 27.4 Å². The van der Waals surface area contributed by atoms with Crippen LogP contribution in [0.3, 0.4) is 0 Å². The van der Waals surface area contributed by atoms with Crippen LogP contribution in [0.5, 0.6) is 0 Å². The third-order valence-electron chi connectivity index (χ3n) is 2.18. The summed E-state index contributed by atoms with van der Waals surface area (Å²) in [6.07, 6.45) is 1.36. The second-order valence-corrected chi connectivity index (χ2v) is 3.73. The van der Waals surface area contributed by atoms with Crippen molar-refractivity contribution in [1.82, 2.24) is 10.3 Å². The monoisotopic (exact) mass is 275 g/mol. The third-order valence-corrected chi connectivity index (χ3v) is 2.18. The molecular weight excluding hydrogens is 266 g/mol. The molecule has 0 spiro atoms. The Bertz CT molecular complexity index is 679. The van der Waals surface area contributed by atoms with Crippen molar-refractivity contribution in [2.24, 2.45) is 4.99 Å². The van der Waals surface area contributed by atoms with Crippen LogP contribution in [0.25, 0.3) is 0 Å². The highest BCUT2D eigenvalue weighted by atomic mass is 16.6. The van der Waals surface area contributed by atoms with Crippen LogP contribution in [0.15, 0.2) is 33.9 Å². The fourth-order valence-electron chi connectivity index (χ4n) is 1.37. The lowest BCUT2D eigenvalue weighted by molar-refractivity contribution is -0.384. The van der Waals surface area contributed by atoms with Gasteiger partial charge in [0.1, 0.15) is 0 Å². The Morgan fingerprint density at radius 2 is 2.30 bits per heavy atom. The Labute approximate surface area is 112 Å². The smallest absolute Gasteiger partial charge is 0.270 e. The first-order valence-electron chi connectivity index (χ1n) is 5.45. The Hall–Kier alpha value is -3.10. The predicted octanol–water partition coefficient (Wildman–Crippen LogP) is 1.69. The van der Waals surface area contributed by atoms with E-state index in [4.69, 9.17) is 0 Å². The number of nitrogens with one attached hydrogen (secondary N) is 1. The first-order valence-corrected chi connectivity index (χ1v) is 5.45. The highest BCUT2D eigenvalue weighted by molar-refractivity contribution is 5.91. The Morgan fingerprint density at radius 3 is 3.00 bits per heavy atom. The molecule has 0 aliphatic rings. The Balaban J connectivity index is 2.21. The number of rotatable bonds is 4. The molecule has 0 aliphatic carbocycles. The Morgan fingerprint density at radius 1 is 1.50 bits per heavy atom. The number of benzene rings is 1. The fourth-order valence-corrected chi connectivity index (χ4v) is 1.37. The quantitative estimate of drug-likeness (QED) is 0.514. The summed E-state index contributed by atoms with van der Waals surface area (Å²) in [5, 5.41) is 20.0. The molecule has 0 bridgehead atoms. The molecule has 102 valence electrons. The Kier molecular flexibility index (Phi) is 3.80. The molecule has 9 nitrogen and oxygen atoms in total. The van der Waals surface area contributed by atoms with Gasteiger partial charge in [-0.05, 0) is 15.9 Å². The van der Waals surface area contributed by atoms with E-state index in [1.807, 2.05) is 0 Å². The molecule has 20 heavy (non-hydrogen) atoms. The van der Waals surface area contributed by atoms with Gasteiger partial charge in [0.15, 0.2) is 0 Å². The van der Waals surface area contributed by atoms with Crippen molar-refractivity contribution in [2.75, 3.05) is 5.32 Å². The average Bonchev–Trinajstić information content (AvgIpc) is 2.83. The van der Waals surface area contributed by atoms with Crippen LogP contribution in [-0.2, 0) is 4.79 Å². The largest absolute Gasteiger partial charge is 0.305 e. The molecule has 1 heterocycles. The van der Waals surface area contributed by atoms with Gasteiger partial charge in [0.2, 0.25) is 17.5 Å². The van der Waals surface area contributed by atoms with Gasteiger partial charge in [-0.1, -0.05) is 12.1 Å². The second-order valence-electron chi connectivity index (χ2n) is 3.73. The number of hydrogen-bond donors (Lipinski definition) is 1. The molecule has 0 unspecified atom stereocenters. The molecule has 1 amide bonds. The summed E-state index contributed by atoms with van der Waals surface area (Å²) < 4.78 is 4.46. The molecule has 1 N–H and O–H groups in total. The molecule has 0 radical (unpaired) electrons. The van der Waals surface area contributed by atoms with E-state index < -0.39 is 4.92 Å². The number of carbonyl (C=O) groups is 1. The standard InChI is InChI=1S/C11H9N5O4/c1-7(17)13-11-10(14-20-15-11)12-6-8-3-2-4-9(5-8)16(18)19/h2-6H,1H3,(H,13,15,17). The van der Waals surface area contributed by atoms with E-state index in [-0.39, 0.29) is 23.2 Å². The zero-order chi connectivity index (χ0) is 14.5. The number of non-ortho nitro benzene ring substituents is 1. The van der Waals surface area contributed by atoms with Gasteiger partial charge in [-0.3, -0.25) is 14.9 Å². The summed E-state index contributed by atoms with van der Waals surface area (Å²) in [5.74, 6) is -0.182. The molecule has 0 fully saturated rings. The van der Waals surface area contributed by atoms with Crippen molar-refractivity contribution in [2.45, 2.75) is 6.92 Å². The topological polar surface area (TPSA) is 124 Å². The average molecular weight is 275 g/mol. The van der Waals surface area contributed by atoms with Crippen molar-refractivity contribution in [1.29, 1.82) is 0 Å². The van der Waals surface area contributed by atoms with Gasteiger partial charge in [0.25, 0.3) is 5.69 Å². The van der Waals surface area contributed by atoms with E-state index >= 15 is 0 Å². The van der Waals surface area contributed by atoms with Gasteiger partial charge in [-0.15, -0.1) is 0 Å². The highest BCUT2D eigenvalue weighted by Crippen LogP contribution is 2.19. The van der Waals surface area contributed by atoms with E-state index in [1.54, 1.807) is 6.07 Å². The molecule has 2 rings (SSSR count). The summed E-state index contributed by atoms with van der Waals surface area (Å²) in [4.78, 5) is 25.0. The van der Waals surface area contributed by atoms with Gasteiger partial charge >= 0.3 is 0 Å². The lowest BCUT2D eigenvalue weighted by Gasteiger charge is -1.95. The number of anilines is 1. The first kappa shape index (κ1) is 13.3. The number of carbonyl (C=O) groups excluding carboxylic acids is 1. The van der Waals surface area contributed by atoms with Gasteiger partial charge in [0, 0.05) is 25.3 Å². The minimum absolute atomic E-state index is 0.0469. The van der Waals surface area contributed by atoms with E-state index in [2.05, 4.69) is 25.3 Å². The molecule has 0 atom stereocenters. The van der Waals surface area contributed by atoms with Crippen LogP contribution in [0.1, 0.15) is 12.5 Å². The van der Waals surface area contributed by atoms with Crippen molar-refractivity contribution in [3.05, 3.63) is 39.9 Å². The number of aliphatic imine (C=N–C) groups is 1. The highest BCUT2D eigenvalue weighted by Gasteiger charge is 2.10. The minimum atomic E-state index is -0.502. The molecule has 0 aliphatic heterocycles. The van der Waals surface area contributed by atoms with E-state index in [9.17, 15) is 14.9 Å². The van der Waals surface area contributed by atoms with Gasteiger partial charge in [0.05, 0.1) is 4.92 Å². The predicted molar refractivity (Wildman–Crippen MR) is 69.0 cm³/mol. The second kappa shape index (κ2) is 5.69. The van der Waals surface area contributed by atoms with Crippen molar-refractivity contribution < 1.29 is 14.3 Å². The van der Waals surface area contributed by atoms with Crippen LogP contribution in [0.2, 0.25) is 0 Å². The van der Waals surface area contributed by atoms with Crippen molar-refractivity contribution >= 4 is 29.4 Å². The molecule has 1 aromatic heterocycles. The van der Waals surface area contributed by atoms with Gasteiger partial charge in [-0.2, -0.15) is 0 Å². The number of aromatic nitrogens is 2. The summed E-state index contributed by atoms with van der Waals surface area (Å²) >= 11 is 0. The summed E-state index contributed by atoms with van der Waals surface area (Å²) in [6, 6.07) is 5.91. The fraction of sp³-hybridized carbons (Fsp3) is 0.0909. The zero-order valence-corrected chi connectivity index (χ0v) is 10.3. The van der Waals surface area contributed by atoms with E-state index in [0.29, 0.717) is 5.56 Å². The number of nitro groups is 1. The first-order chi connectivity index (χ1) is 9.56. The summed E-state index contributed by atoms with van der Waals surface area (Å²) in [6.45, 7) is 1.31. The van der Waals surface area contributed by atoms with E-state index in [1.165, 1.54) is 31.3 Å². The lowest BCUT2D eigenvalue weighted by atomic mass is 10.2. The van der Waals surface area contributed by atoms with Crippen molar-refractivity contribution in [3.63, 3.8) is 0 Å². The number of amides is 1. The zero-order valence-electron chi connectivity index (χ0n) is 10.3. The molecule has 0 saturated carbocycles. The lowest BCUT2D eigenvalue weighted by Crippen LogP contribution is -2.05. The normalized spacial score (nSPS) is 10.7. The summed E-state index contributed by atoms with van der Waals surface area (Å²) in [5.41, 5.74) is 0.463. The third kappa shape index (κ3) is 3.22. The van der Waals surface area contributed by atoms with Crippen molar-refractivity contribution in [3.8, 4) is 0 Å². The molecular formula is C11H9N5O4. The minimum Gasteiger partial charge on any atom is -0.305 e. The van der Waals surface area contributed by atoms with Gasteiger partial charge in [-0.25, -0.2) is 9.62 Å². The van der Waals surface area contributed by atoms with Crippen LogP contribution in [0, 0.1) is 10.1 Å². The maximum atomic E-state index is 10.9. The van der Waals surface area contributed by atoms with Gasteiger partial charge < -0.3 is 5.32 Å². The van der Waals surface area contributed by atoms with Crippen LogP contribution >= 0.6 is 0 Å². The number of nitro benzene ring substituents is 1. The van der Waals surface area contributed by atoms with E-state index in [0.717, 1.165) is 0 Å². The molecule has 1 aromatic carbocycles. The molecule has 2 aromatic rings. The summed E-state index contributed by atoms with van der Waals surface area (Å²) in [7, 11) is 0. The number of hydrogen-bond acceptors (Lipinski definition) is 7. The number of nitrogens with zero attached hydrogens (tertiary/aromatic N) is 4. The van der Waals surface area contributed by atoms with Crippen LogP contribution in [0.4, 0.5) is 17.3 Å². The maximum absolute atomic E-state index is 10.9. The van der Waals surface area contributed by atoms with Crippen LogP contribution < -0.4 is 5.32 Å². The SMILES string of the molecule is CC(=O)Nc1nonc1N=Cc1cccc([N+](=O)[O-])c1. The maximum Gasteiger partial charge on any atom is 0.270 e.